The maximum atomic E-state index is 12.5. The summed E-state index contributed by atoms with van der Waals surface area (Å²) in [6, 6.07) is -1.26. The molecule has 21 heavy (non-hydrogen) atoms. The highest BCUT2D eigenvalue weighted by Crippen LogP contribution is 2.25. The van der Waals surface area contributed by atoms with E-state index in [0.717, 1.165) is 6.42 Å². The molecule has 8 heteroatoms. The van der Waals surface area contributed by atoms with Crippen LogP contribution in [-0.2, 0) is 9.59 Å². The summed E-state index contributed by atoms with van der Waals surface area (Å²) in [7, 11) is 0. The second-order valence-electron chi connectivity index (χ2n) is 5.90. The number of aliphatic hydroxyl groups excluding tert-OH is 1. The van der Waals surface area contributed by atoms with E-state index in [0.29, 0.717) is 26.1 Å². The zero-order valence-electron chi connectivity index (χ0n) is 11.6. The maximum Gasteiger partial charge on any atom is 0.326 e. The third-order valence-electron chi connectivity index (χ3n) is 4.57. The van der Waals surface area contributed by atoms with Crippen molar-refractivity contribution in [3.63, 3.8) is 0 Å². The molecule has 3 aliphatic rings. The van der Waals surface area contributed by atoms with Crippen LogP contribution < -0.4 is 0 Å². The molecule has 0 aromatic heterocycles. The number of nitrogens with zero attached hydrogens (tertiary/aromatic N) is 3. The van der Waals surface area contributed by atoms with Crippen molar-refractivity contribution in [2.75, 3.05) is 26.2 Å². The summed E-state index contributed by atoms with van der Waals surface area (Å²) in [6.07, 6.45) is 0.549. The topological polar surface area (TPSA) is 101 Å². The molecule has 116 valence electrons. The molecule has 3 saturated heterocycles. The molecule has 0 saturated carbocycles. The van der Waals surface area contributed by atoms with Crippen molar-refractivity contribution in [3.8, 4) is 0 Å². The van der Waals surface area contributed by atoms with E-state index in [-0.39, 0.29) is 30.9 Å². The highest BCUT2D eigenvalue weighted by molar-refractivity contribution is 5.84. The number of aliphatic hydroxyl groups is 1. The molecule has 3 rings (SSSR count). The predicted molar refractivity (Wildman–Crippen MR) is 70.5 cm³/mol. The number of piperazine rings is 1. The highest BCUT2D eigenvalue weighted by atomic mass is 16.4. The number of hydrogen-bond donors (Lipinski definition) is 2. The van der Waals surface area contributed by atoms with Crippen LogP contribution in [0.25, 0.3) is 0 Å². The number of carboxylic acid groups (broad SMARTS) is 1. The van der Waals surface area contributed by atoms with Crippen LogP contribution in [-0.4, -0.2) is 87.2 Å². The lowest BCUT2D eigenvalue weighted by Gasteiger charge is -2.39. The first-order valence-electron chi connectivity index (χ1n) is 7.23. The quantitative estimate of drug-likeness (QED) is 0.642. The van der Waals surface area contributed by atoms with Crippen LogP contribution in [0.5, 0.6) is 0 Å². The van der Waals surface area contributed by atoms with Gasteiger partial charge in [-0.15, -0.1) is 0 Å². The number of carbonyl (C=O) groups is 3. The summed E-state index contributed by atoms with van der Waals surface area (Å²) in [5, 5.41) is 18.8. The molecule has 0 radical (unpaired) electrons. The van der Waals surface area contributed by atoms with Gasteiger partial charge < -0.3 is 24.9 Å². The van der Waals surface area contributed by atoms with Crippen LogP contribution in [0.1, 0.15) is 19.3 Å². The van der Waals surface area contributed by atoms with E-state index in [4.69, 9.17) is 5.11 Å². The van der Waals surface area contributed by atoms with Crippen molar-refractivity contribution in [1.82, 2.24) is 14.7 Å². The lowest BCUT2D eigenvalue weighted by atomic mass is 10.1. The zero-order valence-corrected chi connectivity index (χ0v) is 11.6. The van der Waals surface area contributed by atoms with Gasteiger partial charge in [0.25, 0.3) is 0 Å². The van der Waals surface area contributed by atoms with Crippen LogP contribution in [0.3, 0.4) is 0 Å². The number of carboxylic acids is 1. The van der Waals surface area contributed by atoms with Crippen molar-refractivity contribution < 1.29 is 24.6 Å². The van der Waals surface area contributed by atoms with E-state index in [9.17, 15) is 19.5 Å². The smallest absolute Gasteiger partial charge is 0.326 e. The lowest BCUT2D eigenvalue weighted by molar-refractivity contribution is -0.141. The van der Waals surface area contributed by atoms with Crippen molar-refractivity contribution in [3.05, 3.63) is 0 Å². The van der Waals surface area contributed by atoms with Crippen molar-refractivity contribution in [1.29, 1.82) is 0 Å². The van der Waals surface area contributed by atoms with Crippen molar-refractivity contribution >= 4 is 17.9 Å². The molecule has 3 amide bonds. The third kappa shape index (κ3) is 2.44. The molecule has 2 N–H and O–H groups in total. The average molecular weight is 297 g/mol. The molecular weight excluding hydrogens is 278 g/mol. The number of urea groups is 1. The SMILES string of the molecule is O=C(O)[C@@H]1C[C@@H](O)CN1C(=O)N1CCN2C(=O)CCC2C1. The minimum atomic E-state index is -1.09. The van der Waals surface area contributed by atoms with Gasteiger partial charge >= 0.3 is 12.0 Å². The van der Waals surface area contributed by atoms with Crippen LogP contribution in [0, 0.1) is 0 Å². The molecule has 3 aliphatic heterocycles. The number of amides is 3. The molecule has 0 aromatic rings. The van der Waals surface area contributed by atoms with Crippen molar-refractivity contribution in [2.24, 2.45) is 0 Å². The Hall–Kier alpha value is -1.83. The molecule has 1 unspecified atom stereocenters. The van der Waals surface area contributed by atoms with Gasteiger partial charge in [0.15, 0.2) is 0 Å². The number of hydrogen-bond acceptors (Lipinski definition) is 4. The molecule has 0 bridgehead atoms. The summed E-state index contributed by atoms with van der Waals surface area (Å²) < 4.78 is 0. The molecule has 8 nitrogen and oxygen atoms in total. The Bertz CT molecular complexity index is 482. The summed E-state index contributed by atoms with van der Waals surface area (Å²) >= 11 is 0. The third-order valence-corrected chi connectivity index (χ3v) is 4.57. The number of rotatable bonds is 1. The summed E-state index contributed by atoms with van der Waals surface area (Å²) in [6.45, 7) is 1.42. The van der Waals surface area contributed by atoms with Gasteiger partial charge in [0, 0.05) is 45.1 Å². The van der Waals surface area contributed by atoms with E-state index < -0.39 is 18.1 Å². The van der Waals surface area contributed by atoms with Crippen LogP contribution in [0.15, 0.2) is 0 Å². The first kappa shape index (κ1) is 14.1. The Kier molecular flexibility index (Phi) is 3.48. The largest absolute Gasteiger partial charge is 0.480 e. The van der Waals surface area contributed by atoms with E-state index in [2.05, 4.69) is 0 Å². The zero-order chi connectivity index (χ0) is 15.1. The summed E-state index contributed by atoms with van der Waals surface area (Å²) in [4.78, 5) is 40.0. The molecule has 3 heterocycles. The molecule has 0 spiro atoms. The van der Waals surface area contributed by atoms with Gasteiger partial charge in [-0.25, -0.2) is 9.59 Å². The summed E-state index contributed by atoms with van der Waals surface area (Å²) in [5.41, 5.74) is 0. The molecule has 0 aliphatic carbocycles. The number of aliphatic carboxylic acids is 1. The van der Waals surface area contributed by atoms with Crippen LogP contribution in [0.4, 0.5) is 4.79 Å². The average Bonchev–Trinajstić information content (AvgIpc) is 3.01. The fraction of sp³-hybridized carbons (Fsp3) is 0.769. The van der Waals surface area contributed by atoms with E-state index in [1.54, 1.807) is 9.80 Å². The second kappa shape index (κ2) is 5.18. The van der Waals surface area contributed by atoms with Gasteiger partial charge in [-0.05, 0) is 6.42 Å². The normalized spacial score (nSPS) is 32.5. The Morgan fingerprint density at radius 2 is 1.95 bits per heavy atom. The van der Waals surface area contributed by atoms with E-state index in [1.807, 2.05) is 0 Å². The summed E-state index contributed by atoms with van der Waals surface area (Å²) in [5.74, 6) is -0.957. The fourth-order valence-electron chi connectivity index (χ4n) is 3.48. The number of β-amino-alcohol motifs (C(OH)–C–C–N with tert-alkyl or cyclic N) is 1. The maximum absolute atomic E-state index is 12.5. The van der Waals surface area contributed by atoms with Crippen LogP contribution in [0.2, 0.25) is 0 Å². The number of fused-ring (bicyclic) bond motifs is 1. The standard InChI is InChI=1S/C13H19N3O5/c17-9-5-10(12(19)20)16(7-9)13(21)14-3-4-15-8(6-14)1-2-11(15)18/h8-10,17H,1-7H2,(H,19,20)/t8?,9-,10+/m1/s1. The van der Waals surface area contributed by atoms with Gasteiger partial charge in [-0.3, -0.25) is 4.79 Å². The molecule has 3 atom stereocenters. The molecule has 3 fully saturated rings. The highest BCUT2D eigenvalue weighted by Gasteiger charge is 2.43. The van der Waals surface area contributed by atoms with Gasteiger partial charge in [0.2, 0.25) is 5.91 Å². The van der Waals surface area contributed by atoms with Crippen LogP contribution >= 0.6 is 0 Å². The Morgan fingerprint density at radius 1 is 1.19 bits per heavy atom. The number of likely N-dealkylation sites (tertiary alicyclic amines) is 1. The predicted octanol–water partition coefficient (Wildman–Crippen LogP) is -1.07. The fourth-order valence-corrected chi connectivity index (χ4v) is 3.48. The first-order chi connectivity index (χ1) is 9.97. The van der Waals surface area contributed by atoms with Gasteiger partial charge in [-0.2, -0.15) is 0 Å². The van der Waals surface area contributed by atoms with Gasteiger partial charge in [0.05, 0.1) is 6.10 Å². The van der Waals surface area contributed by atoms with E-state index >= 15 is 0 Å². The number of carbonyl (C=O) groups excluding carboxylic acids is 2. The van der Waals surface area contributed by atoms with E-state index in [1.165, 1.54) is 4.90 Å². The van der Waals surface area contributed by atoms with Crippen molar-refractivity contribution in [2.45, 2.75) is 37.5 Å². The molecular formula is C13H19N3O5. The molecule has 0 aromatic carbocycles. The Labute approximate surface area is 121 Å². The van der Waals surface area contributed by atoms with Gasteiger partial charge in [-0.1, -0.05) is 0 Å². The van der Waals surface area contributed by atoms with Gasteiger partial charge in [0.1, 0.15) is 6.04 Å². The Morgan fingerprint density at radius 3 is 2.67 bits per heavy atom. The lowest BCUT2D eigenvalue weighted by Crippen LogP contribution is -2.57. The monoisotopic (exact) mass is 297 g/mol. The second-order valence-corrected chi connectivity index (χ2v) is 5.90. The minimum absolute atomic E-state index is 0.0472. The minimum Gasteiger partial charge on any atom is -0.480 e. The first-order valence-corrected chi connectivity index (χ1v) is 7.23. The Balaban J connectivity index is 1.68.